The van der Waals surface area contributed by atoms with Crippen LogP contribution in [0, 0.1) is 11.3 Å². The molecule has 2 atom stereocenters. The van der Waals surface area contributed by atoms with Crippen molar-refractivity contribution in [3.63, 3.8) is 0 Å². The Kier molecular flexibility index (Phi) is 4.33. The standard InChI is InChI=1S/C12H24N2O2/c1-5-16-10-6-9(10)11(15)14(4)8-12(2,3)7-13/h9-10H,5-8,13H2,1-4H3. The van der Waals surface area contributed by atoms with Crippen molar-refractivity contribution in [2.24, 2.45) is 17.1 Å². The second-order valence-corrected chi connectivity index (χ2v) is 5.40. The molecule has 0 aromatic carbocycles. The van der Waals surface area contributed by atoms with Crippen LogP contribution in [0.15, 0.2) is 0 Å². The van der Waals surface area contributed by atoms with Crippen LogP contribution >= 0.6 is 0 Å². The SMILES string of the molecule is CCOC1CC1C(=O)N(C)CC(C)(C)CN. The number of carbonyl (C=O) groups is 1. The average Bonchev–Trinajstić information content (AvgIpc) is 2.96. The van der Waals surface area contributed by atoms with Crippen LogP contribution in [-0.2, 0) is 9.53 Å². The minimum absolute atomic E-state index is 0.0135. The maximum absolute atomic E-state index is 12.0. The lowest BCUT2D eigenvalue weighted by atomic mass is 9.93. The summed E-state index contributed by atoms with van der Waals surface area (Å²) in [5.74, 6) is 0.276. The summed E-state index contributed by atoms with van der Waals surface area (Å²) in [5, 5.41) is 0. The summed E-state index contributed by atoms with van der Waals surface area (Å²) in [4.78, 5) is 13.8. The number of amides is 1. The van der Waals surface area contributed by atoms with E-state index in [9.17, 15) is 4.79 Å². The van der Waals surface area contributed by atoms with Crippen molar-refractivity contribution in [3.05, 3.63) is 0 Å². The van der Waals surface area contributed by atoms with Crippen LogP contribution < -0.4 is 5.73 Å². The first-order valence-electron chi connectivity index (χ1n) is 5.98. The zero-order valence-electron chi connectivity index (χ0n) is 10.8. The minimum Gasteiger partial charge on any atom is -0.378 e. The Morgan fingerprint density at radius 1 is 1.56 bits per heavy atom. The van der Waals surface area contributed by atoms with Gasteiger partial charge in [-0.2, -0.15) is 0 Å². The van der Waals surface area contributed by atoms with Crippen molar-refractivity contribution >= 4 is 5.91 Å². The zero-order valence-corrected chi connectivity index (χ0v) is 10.8. The number of nitrogens with two attached hydrogens (primary N) is 1. The minimum atomic E-state index is -0.0135. The third-order valence-electron chi connectivity index (χ3n) is 3.02. The van der Waals surface area contributed by atoms with Gasteiger partial charge in [0, 0.05) is 20.2 Å². The second kappa shape index (κ2) is 5.15. The first-order valence-corrected chi connectivity index (χ1v) is 5.98. The fourth-order valence-electron chi connectivity index (χ4n) is 1.90. The summed E-state index contributed by atoms with van der Waals surface area (Å²) in [6.07, 6.45) is 1.03. The van der Waals surface area contributed by atoms with E-state index in [1.807, 2.05) is 14.0 Å². The van der Waals surface area contributed by atoms with E-state index in [4.69, 9.17) is 10.5 Å². The molecule has 1 aliphatic carbocycles. The molecule has 0 saturated heterocycles. The smallest absolute Gasteiger partial charge is 0.228 e. The summed E-state index contributed by atoms with van der Waals surface area (Å²) in [7, 11) is 1.85. The molecule has 0 heterocycles. The highest BCUT2D eigenvalue weighted by Gasteiger charge is 2.45. The van der Waals surface area contributed by atoms with Gasteiger partial charge in [0.05, 0.1) is 12.0 Å². The molecular weight excluding hydrogens is 204 g/mol. The molecule has 1 saturated carbocycles. The topological polar surface area (TPSA) is 55.6 Å². The molecule has 94 valence electrons. The summed E-state index contributed by atoms with van der Waals surface area (Å²) >= 11 is 0. The number of ether oxygens (including phenoxy) is 1. The highest BCUT2D eigenvalue weighted by atomic mass is 16.5. The second-order valence-electron chi connectivity index (χ2n) is 5.40. The Labute approximate surface area is 98.1 Å². The maximum atomic E-state index is 12.0. The van der Waals surface area contributed by atoms with Crippen molar-refractivity contribution in [1.29, 1.82) is 0 Å². The highest BCUT2D eigenvalue weighted by molar-refractivity contribution is 5.82. The molecule has 0 bridgehead atoms. The Balaban J connectivity index is 2.38. The molecule has 0 aromatic heterocycles. The van der Waals surface area contributed by atoms with Gasteiger partial charge in [-0.3, -0.25) is 4.79 Å². The molecule has 2 unspecified atom stereocenters. The molecular formula is C12H24N2O2. The van der Waals surface area contributed by atoms with E-state index in [1.165, 1.54) is 0 Å². The lowest BCUT2D eigenvalue weighted by Gasteiger charge is -2.29. The van der Waals surface area contributed by atoms with Crippen molar-refractivity contribution in [3.8, 4) is 0 Å². The molecule has 1 aliphatic rings. The van der Waals surface area contributed by atoms with Gasteiger partial charge in [-0.15, -0.1) is 0 Å². The fourth-order valence-corrected chi connectivity index (χ4v) is 1.90. The lowest BCUT2D eigenvalue weighted by Crippen LogP contribution is -2.40. The number of hydrogen-bond donors (Lipinski definition) is 1. The molecule has 4 heteroatoms. The monoisotopic (exact) mass is 228 g/mol. The van der Waals surface area contributed by atoms with Gasteiger partial charge in [-0.05, 0) is 25.3 Å². The van der Waals surface area contributed by atoms with Crippen molar-refractivity contribution in [2.45, 2.75) is 33.3 Å². The highest BCUT2D eigenvalue weighted by Crippen LogP contribution is 2.35. The summed E-state index contributed by atoms with van der Waals surface area (Å²) in [6, 6.07) is 0. The molecule has 16 heavy (non-hydrogen) atoms. The molecule has 4 nitrogen and oxygen atoms in total. The third-order valence-corrected chi connectivity index (χ3v) is 3.02. The van der Waals surface area contributed by atoms with Gasteiger partial charge in [-0.1, -0.05) is 13.8 Å². The van der Waals surface area contributed by atoms with Gasteiger partial charge >= 0.3 is 0 Å². The van der Waals surface area contributed by atoms with E-state index >= 15 is 0 Å². The molecule has 1 rings (SSSR count). The summed E-state index contributed by atoms with van der Waals surface area (Å²) in [5.41, 5.74) is 5.65. The van der Waals surface area contributed by atoms with Crippen LogP contribution in [0.25, 0.3) is 0 Å². The van der Waals surface area contributed by atoms with Gasteiger partial charge in [0.15, 0.2) is 0 Å². The fraction of sp³-hybridized carbons (Fsp3) is 0.917. The van der Waals surface area contributed by atoms with Crippen LogP contribution in [0.2, 0.25) is 0 Å². The normalized spacial score (nSPS) is 24.3. The van der Waals surface area contributed by atoms with Gasteiger partial charge in [-0.25, -0.2) is 0 Å². The first-order chi connectivity index (χ1) is 7.41. The van der Waals surface area contributed by atoms with Crippen LogP contribution in [-0.4, -0.2) is 43.7 Å². The van der Waals surface area contributed by atoms with E-state index in [0.717, 1.165) is 6.42 Å². The van der Waals surface area contributed by atoms with E-state index in [2.05, 4.69) is 13.8 Å². The Morgan fingerprint density at radius 3 is 2.69 bits per heavy atom. The third kappa shape index (κ3) is 3.46. The summed E-state index contributed by atoms with van der Waals surface area (Å²) in [6.45, 7) is 8.09. The molecule has 0 spiro atoms. The number of nitrogens with zero attached hydrogens (tertiary/aromatic N) is 1. The van der Waals surface area contributed by atoms with Crippen molar-refractivity contribution < 1.29 is 9.53 Å². The Hall–Kier alpha value is -0.610. The van der Waals surface area contributed by atoms with Gasteiger partial charge in [0.1, 0.15) is 0 Å². The number of hydrogen-bond acceptors (Lipinski definition) is 3. The maximum Gasteiger partial charge on any atom is 0.228 e. The number of rotatable bonds is 6. The Morgan fingerprint density at radius 2 is 2.19 bits per heavy atom. The molecule has 1 fully saturated rings. The van der Waals surface area contributed by atoms with Crippen LogP contribution in [0.4, 0.5) is 0 Å². The average molecular weight is 228 g/mol. The lowest BCUT2D eigenvalue weighted by molar-refractivity contribution is -0.133. The molecule has 0 aliphatic heterocycles. The van der Waals surface area contributed by atoms with Gasteiger partial charge in [0.2, 0.25) is 5.91 Å². The van der Waals surface area contributed by atoms with Crippen LogP contribution in [0.5, 0.6) is 0 Å². The quantitative estimate of drug-likeness (QED) is 0.733. The largest absolute Gasteiger partial charge is 0.378 e. The predicted octanol–water partition coefficient (Wildman–Crippen LogP) is 0.855. The number of carbonyl (C=O) groups excluding carboxylic acids is 1. The van der Waals surface area contributed by atoms with Crippen molar-refractivity contribution in [1.82, 2.24) is 4.90 Å². The van der Waals surface area contributed by atoms with E-state index in [1.54, 1.807) is 4.90 Å². The molecule has 0 aromatic rings. The van der Waals surface area contributed by atoms with Gasteiger partial charge < -0.3 is 15.4 Å². The zero-order chi connectivity index (χ0) is 12.3. The Bertz CT molecular complexity index is 253. The summed E-state index contributed by atoms with van der Waals surface area (Å²) < 4.78 is 5.42. The van der Waals surface area contributed by atoms with Gasteiger partial charge in [0.25, 0.3) is 0 Å². The molecule has 2 N–H and O–H groups in total. The van der Waals surface area contributed by atoms with Crippen molar-refractivity contribution in [2.75, 3.05) is 26.7 Å². The first kappa shape index (κ1) is 13.5. The van der Waals surface area contributed by atoms with Crippen LogP contribution in [0.1, 0.15) is 27.2 Å². The predicted molar refractivity (Wildman–Crippen MR) is 64.0 cm³/mol. The van der Waals surface area contributed by atoms with E-state index in [0.29, 0.717) is 19.7 Å². The molecule has 1 amide bonds. The molecule has 0 radical (unpaired) electrons. The van der Waals surface area contributed by atoms with Crippen LogP contribution in [0.3, 0.4) is 0 Å². The van der Waals surface area contributed by atoms with E-state index in [-0.39, 0.29) is 23.3 Å². The van der Waals surface area contributed by atoms with E-state index < -0.39 is 0 Å².